The van der Waals surface area contributed by atoms with E-state index in [9.17, 15) is 8.42 Å². The van der Waals surface area contributed by atoms with Gasteiger partial charge in [-0.3, -0.25) is 0 Å². The summed E-state index contributed by atoms with van der Waals surface area (Å²) in [5.74, 6) is 0.543. The monoisotopic (exact) mass is 322 g/mol. The van der Waals surface area contributed by atoms with Gasteiger partial charge in [0.2, 0.25) is 0 Å². The van der Waals surface area contributed by atoms with Gasteiger partial charge in [0.15, 0.2) is 0 Å². The van der Waals surface area contributed by atoms with Crippen LogP contribution in [0.25, 0.3) is 0 Å². The zero-order valence-corrected chi connectivity index (χ0v) is 13.6. The fourth-order valence-electron chi connectivity index (χ4n) is 1.85. The van der Waals surface area contributed by atoms with E-state index in [1.54, 1.807) is 12.1 Å². The summed E-state index contributed by atoms with van der Waals surface area (Å²) in [7, 11) is -3.60. The molecule has 2 aromatic rings. The molecular formula is C15H18N2O2S2. The molecular weight excluding hydrogens is 304 g/mol. The summed E-state index contributed by atoms with van der Waals surface area (Å²) in [5, 5.41) is 5.69. The number of hydrogen-bond acceptors (Lipinski definition) is 4. The van der Waals surface area contributed by atoms with Gasteiger partial charge in [-0.25, -0.2) is 4.83 Å². The number of rotatable bonds is 6. The van der Waals surface area contributed by atoms with Crippen LogP contribution in [0.5, 0.6) is 0 Å². The Balaban J connectivity index is 2.05. The Morgan fingerprint density at radius 2 is 1.95 bits per heavy atom. The number of nitrogens with zero attached hydrogens (tertiary/aromatic N) is 1. The van der Waals surface area contributed by atoms with E-state index in [4.69, 9.17) is 0 Å². The lowest BCUT2D eigenvalue weighted by molar-refractivity contribution is 0.584. The van der Waals surface area contributed by atoms with Crippen LogP contribution in [-0.2, 0) is 16.4 Å². The van der Waals surface area contributed by atoms with Crippen molar-refractivity contribution < 1.29 is 8.42 Å². The summed E-state index contributed by atoms with van der Waals surface area (Å²) >= 11 is 1.49. The smallest absolute Gasteiger partial charge is 0.200 e. The van der Waals surface area contributed by atoms with Gasteiger partial charge < -0.3 is 0 Å². The van der Waals surface area contributed by atoms with Crippen molar-refractivity contribution in [1.29, 1.82) is 0 Å². The standard InChI is InChI=1S/C15H18N2O2S2/c1-12(2)10-13-5-7-15(8-6-13)21(18,19)17-16-11-14-4-3-9-20-14/h3-9,11-12,17H,10H2,1-2H3. The van der Waals surface area contributed by atoms with Gasteiger partial charge in [-0.2, -0.15) is 13.5 Å². The lowest BCUT2D eigenvalue weighted by Crippen LogP contribution is -2.18. The summed E-state index contributed by atoms with van der Waals surface area (Å²) in [4.78, 5) is 3.34. The zero-order valence-electron chi connectivity index (χ0n) is 12.0. The molecule has 0 fully saturated rings. The third kappa shape index (κ3) is 4.68. The van der Waals surface area contributed by atoms with Crippen molar-refractivity contribution in [3.05, 3.63) is 52.2 Å². The van der Waals surface area contributed by atoms with Gasteiger partial charge in [-0.1, -0.05) is 32.0 Å². The molecule has 0 radical (unpaired) electrons. The van der Waals surface area contributed by atoms with E-state index >= 15 is 0 Å². The number of hydrogen-bond donors (Lipinski definition) is 1. The molecule has 0 saturated carbocycles. The first-order valence-electron chi connectivity index (χ1n) is 6.65. The minimum absolute atomic E-state index is 0.221. The van der Waals surface area contributed by atoms with E-state index in [2.05, 4.69) is 23.8 Å². The molecule has 0 atom stereocenters. The minimum atomic E-state index is -3.60. The summed E-state index contributed by atoms with van der Waals surface area (Å²) in [6.45, 7) is 4.26. The van der Waals surface area contributed by atoms with Crippen molar-refractivity contribution in [1.82, 2.24) is 4.83 Å². The number of thiophene rings is 1. The molecule has 0 aliphatic heterocycles. The van der Waals surface area contributed by atoms with Gasteiger partial charge in [0.05, 0.1) is 11.1 Å². The first-order valence-corrected chi connectivity index (χ1v) is 9.01. The van der Waals surface area contributed by atoms with Crippen LogP contribution in [0.1, 0.15) is 24.3 Å². The van der Waals surface area contributed by atoms with Gasteiger partial charge in [-0.05, 0) is 41.5 Å². The Labute approximate surface area is 129 Å². The van der Waals surface area contributed by atoms with Crippen LogP contribution in [-0.4, -0.2) is 14.6 Å². The lowest BCUT2D eigenvalue weighted by atomic mass is 10.0. The zero-order chi connectivity index (χ0) is 15.3. The molecule has 0 spiro atoms. The molecule has 1 aromatic heterocycles. The summed E-state index contributed by atoms with van der Waals surface area (Å²) < 4.78 is 24.1. The first kappa shape index (κ1) is 15.7. The third-order valence-electron chi connectivity index (χ3n) is 2.79. The SMILES string of the molecule is CC(C)Cc1ccc(S(=O)(=O)NN=Cc2cccs2)cc1. The van der Waals surface area contributed by atoms with Crippen LogP contribution in [0, 0.1) is 5.92 Å². The minimum Gasteiger partial charge on any atom is -0.200 e. The maximum absolute atomic E-state index is 12.1. The molecule has 1 N–H and O–H groups in total. The Kier molecular flexibility index (Phi) is 5.14. The van der Waals surface area contributed by atoms with Crippen LogP contribution in [0.3, 0.4) is 0 Å². The second-order valence-electron chi connectivity index (χ2n) is 5.11. The van der Waals surface area contributed by atoms with Crippen molar-refractivity contribution in [3.8, 4) is 0 Å². The van der Waals surface area contributed by atoms with E-state index in [1.807, 2.05) is 29.6 Å². The molecule has 0 amide bonds. The van der Waals surface area contributed by atoms with E-state index in [1.165, 1.54) is 17.6 Å². The number of sulfonamides is 1. The molecule has 0 aliphatic carbocycles. The summed E-state index contributed by atoms with van der Waals surface area (Å²) in [6, 6.07) is 10.7. The number of hydrazone groups is 1. The van der Waals surface area contributed by atoms with E-state index in [0.29, 0.717) is 5.92 Å². The van der Waals surface area contributed by atoms with Gasteiger partial charge in [0.25, 0.3) is 10.0 Å². The molecule has 112 valence electrons. The maximum atomic E-state index is 12.1. The fraction of sp³-hybridized carbons (Fsp3) is 0.267. The van der Waals surface area contributed by atoms with Gasteiger partial charge in [-0.15, -0.1) is 11.3 Å². The molecule has 0 unspecified atom stereocenters. The lowest BCUT2D eigenvalue weighted by Gasteiger charge is -2.07. The topological polar surface area (TPSA) is 58.5 Å². The Morgan fingerprint density at radius 1 is 1.24 bits per heavy atom. The molecule has 4 nitrogen and oxygen atoms in total. The Hall–Kier alpha value is -1.66. The summed E-state index contributed by atoms with van der Waals surface area (Å²) in [6.07, 6.45) is 2.43. The Morgan fingerprint density at radius 3 is 2.52 bits per heavy atom. The maximum Gasteiger partial charge on any atom is 0.276 e. The van der Waals surface area contributed by atoms with Crippen LogP contribution >= 0.6 is 11.3 Å². The Bertz CT molecular complexity index is 688. The van der Waals surface area contributed by atoms with Crippen LogP contribution < -0.4 is 4.83 Å². The van der Waals surface area contributed by atoms with E-state index in [-0.39, 0.29) is 4.90 Å². The van der Waals surface area contributed by atoms with Gasteiger partial charge in [0.1, 0.15) is 0 Å². The van der Waals surface area contributed by atoms with Crippen LogP contribution in [0.15, 0.2) is 51.8 Å². The third-order valence-corrected chi connectivity index (χ3v) is 4.83. The molecule has 1 aromatic carbocycles. The van der Waals surface area contributed by atoms with Crippen molar-refractivity contribution in [2.45, 2.75) is 25.2 Å². The number of nitrogens with one attached hydrogen (secondary N) is 1. The molecule has 0 saturated heterocycles. The van der Waals surface area contributed by atoms with E-state index in [0.717, 1.165) is 16.9 Å². The predicted octanol–water partition coefficient (Wildman–Crippen LogP) is 3.26. The van der Waals surface area contributed by atoms with E-state index < -0.39 is 10.0 Å². The van der Waals surface area contributed by atoms with Crippen molar-refractivity contribution in [2.75, 3.05) is 0 Å². The highest BCUT2D eigenvalue weighted by atomic mass is 32.2. The second kappa shape index (κ2) is 6.87. The first-order chi connectivity index (χ1) is 9.97. The predicted molar refractivity (Wildman–Crippen MR) is 87.2 cm³/mol. The highest BCUT2D eigenvalue weighted by Gasteiger charge is 2.12. The van der Waals surface area contributed by atoms with Crippen LogP contribution in [0.4, 0.5) is 0 Å². The largest absolute Gasteiger partial charge is 0.276 e. The quantitative estimate of drug-likeness (QED) is 0.655. The molecule has 21 heavy (non-hydrogen) atoms. The molecule has 0 bridgehead atoms. The molecule has 1 heterocycles. The highest BCUT2D eigenvalue weighted by molar-refractivity contribution is 7.89. The average Bonchev–Trinajstić information content (AvgIpc) is 2.91. The van der Waals surface area contributed by atoms with Gasteiger partial charge in [0, 0.05) is 4.88 Å². The van der Waals surface area contributed by atoms with Crippen molar-refractivity contribution >= 4 is 27.6 Å². The second-order valence-corrected chi connectivity index (χ2v) is 7.75. The van der Waals surface area contributed by atoms with Crippen molar-refractivity contribution in [3.63, 3.8) is 0 Å². The molecule has 6 heteroatoms. The normalized spacial score (nSPS) is 12.1. The fourth-order valence-corrected chi connectivity index (χ4v) is 3.23. The highest BCUT2D eigenvalue weighted by Crippen LogP contribution is 2.13. The average molecular weight is 322 g/mol. The van der Waals surface area contributed by atoms with Crippen LogP contribution in [0.2, 0.25) is 0 Å². The molecule has 0 aliphatic rings. The van der Waals surface area contributed by atoms with Crippen molar-refractivity contribution in [2.24, 2.45) is 11.0 Å². The summed E-state index contributed by atoms with van der Waals surface area (Å²) in [5.41, 5.74) is 1.13. The molecule has 2 rings (SSSR count). The number of benzene rings is 1. The van der Waals surface area contributed by atoms with Gasteiger partial charge >= 0.3 is 0 Å².